The molecule has 0 bridgehead atoms. The third kappa shape index (κ3) is 2.81. The van der Waals surface area contributed by atoms with Gasteiger partial charge in [0.2, 0.25) is 0 Å². The molecule has 0 atom stereocenters. The second kappa shape index (κ2) is 5.38. The first-order valence-corrected chi connectivity index (χ1v) is 6.23. The highest BCUT2D eigenvalue weighted by Crippen LogP contribution is 2.20. The van der Waals surface area contributed by atoms with Gasteiger partial charge in [-0.1, -0.05) is 13.8 Å². The van der Waals surface area contributed by atoms with Gasteiger partial charge in [0.1, 0.15) is 5.82 Å². The average molecular weight is 249 g/mol. The van der Waals surface area contributed by atoms with Gasteiger partial charge in [0.25, 0.3) is 0 Å². The van der Waals surface area contributed by atoms with E-state index in [9.17, 15) is 9.18 Å². The van der Waals surface area contributed by atoms with Crippen LogP contribution < -0.4 is 4.90 Å². The number of amides is 2. The lowest BCUT2D eigenvalue weighted by atomic mass is 10.1. The van der Waals surface area contributed by atoms with E-state index in [0.29, 0.717) is 19.0 Å². The normalized spacial score (nSPS) is 15.9. The highest BCUT2D eigenvalue weighted by molar-refractivity contribution is 5.94. The van der Waals surface area contributed by atoms with Crippen molar-refractivity contribution in [1.29, 1.82) is 0 Å². The Balaban J connectivity index is 2.00. The van der Waals surface area contributed by atoms with E-state index in [0.717, 1.165) is 12.2 Å². The van der Waals surface area contributed by atoms with Crippen LogP contribution in [0.2, 0.25) is 0 Å². The molecule has 0 N–H and O–H groups in total. The Morgan fingerprint density at radius 3 is 2.56 bits per heavy atom. The van der Waals surface area contributed by atoms with Gasteiger partial charge in [-0.3, -0.25) is 4.90 Å². The number of benzene rings is 1. The minimum Gasteiger partial charge on any atom is -0.322 e. The molecule has 3 nitrogen and oxygen atoms in total. The summed E-state index contributed by atoms with van der Waals surface area (Å²) in [5.74, 6) is 0.188. The summed E-state index contributed by atoms with van der Waals surface area (Å²) < 4.78 is 12.8. The molecule has 0 aliphatic carbocycles. The first-order valence-electron chi connectivity index (χ1n) is 6.23. The third-order valence-electron chi connectivity index (χ3n) is 3.03. The monoisotopic (exact) mass is 249 g/mol. The van der Waals surface area contributed by atoms with E-state index in [1.54, 1.807) is 17.0 Å². The van der Waals surface area contributed by atoms with Crippen LogP contribution >= 0.6 is 0 Å². The van der Waals surface area contributed by atoms with Crippen molar-refractivity contribution in [3.8, 4) is 0 Å². The zero-order valence-electron chi connectivity index (χ0n) is 10.8. The maximum absolute atomic E-state index is 12.8. The Hall–Kier alpha value is -1.58. The summed E-state index contributed by atoms with van der Waals surface area (Å²) in [6, 6.07) is 6.04. The molecule has 4 heteroatoms. The van der Waals surface area contributed by atoms with Gasteiger partial charge in [-0.25, -0.2) is 9.18 Å². The minimum absolute atomic E-state index is 0.00138. The van der Waals surface area contributed by atoms with Crippen LogP contribution in [0.5, 0.6) is 0 Å². The van der Waals surface area contributed by atoms with Crippen molar-refractivity contribution in [2.75, 3.05) is 24.5 Å². The Labute approximate surface area is 107 Å². The molecule has 1 radical (unpaired) electrons. The van der Waals surface area contributed by atoms with Crippen molar-refractivity contribution in [2.45, 2.75) is 13.8 Å². The molecule has 1 heterocycles. The SMILES string of the molecule is CC(C)[CH]CN1CCN(c2ccc(F)cc2)C1=O. The van der Waals surface area contributed by atoms with E-state index >= 15 is 0 Å². The van der Waals surface area contributed by atoms with E-state index in [1.165, 1.54) is 12.1 Å². The molecule has 1 saturated heterocycles. The number of anilines is 1. The Kier molecular flexibility index (Phi) is 3.84. The molecule has 0 saturated carbocycles. The predicted molar refractivity (Wildman–Crippen MR) is 69.9 cm³/mol. The summed E-state index contributed by atoms with van der Waals surface area (Å²) in [6.45, 7) is 6.25. The van der Waals surface area contributed by atoms with Crippen molar-refractivity contribution in [2.24, 2.45) is 5.92 Å². The first-order chi connectivity index (χ1) is 8.58. The molecule has 1 aromatic carbocycles. The second-order valence-electron chi connectivity index (χ2n) is 4.84. The molecule has 2 amide bonds. The molecule has 1 aliphatic heterocycles. The maximum atomic E-state index is 12.8. The molecule has 1 aliphatic rings. The average Bonchev–Trinajstić information content (AvgIpc) is 2.69. The van der Waals surface area contributed by atoms with Gasteiger partial charge in [-0.05, 0) is 36.6 Å². The van der Waals surface area contributed by atoms with Gasteiger partial charge in [0.15, 0.2) is 0 Å². The molecular formula is C14H18FN2O. The molecule has 0 aromatic heterocycles. The number of carbonyl (C=O) groups excluding carboxylic acids is 1. The molecule has 2 rings (SSSR count). The van der Waals surface area contributed by atoms with Crippen LogP contribution in [-0.2, 0) is 0 Å². The third-order valence-corrected chi connectivity index (χ3v) is 3.03. The van der Waals surface area contributed by atoms with Crippen LogP contribution in [0.3, 0.4) is 0 Å². The van der Waals surface area contributed by atoms with E-state index in [-0.39, 0.29) is 11.8 Å². The number of nitrogens with zero attached hydrogens (tertiary/aromatic N) is 2. The van der Waals surface area contributed by atoms with Crippen molar-refractivity contribution in [3.63, 3.8) is 0 Å². The number of urea groups is 1. The van der Waals surface area contributed by atoms with Crippen molar-refractivity contribution < 1.29 is 9.18 Å². The summed E-state index contributed by atoms with van der Waals surface area (Å²) in [4.78, 5) is 15.6. The predicted octanol–water partition coefficient (Wildman–Crippen LogP) is 2.93. The quantitative estimate of drug-likeness (QED) is 0.804. The first kappa shape index (κ1) is 12.9. The number of hydrogen-bond donors (Lipinski definition) is 0. The summed E-state index contributed by atoms with van der Waals surface area (Å²) in [5.41, 5.74) is 0.758. The number of hydrogen-bond acceptors (Lipinski definition) is 1. The molecular weight excluding hydrogens is 231 g/mol. The molecule has 18 heavy (non-hydrogen) atoms. The van der Waals surface area contributed by atoms with Crippen molar-refractivity contribution in [1.82, 2.24) is 4.90 Å². The van der Waals surface area contributed by atoms with Gasteiger partial charge >= 0.3 is 6.03 Å². The maximum Gasteiger partial charge on any atom is 0.324 e. The summed E-state index contributed by atoms with van der Waals surface area (Å²) in [6.07, 6.45) is 2.12. The van der Waals surface area contributed by atoms with E-state index in [4.69, 9.17) is 0 Å². The lowest BCUT2D eigenvalue weighted by Crippen LogP contribution is -2.33. The number of halogens is 1. The van der Waals surface area contributed by atoms with E-state index in [1.807, 2.05) is 4.90 Å². The lowest BCUT2D eigenvalue weighted by molar-refractivity contribution is 0.223. The summed E-state index contributed by atoms with van der Waals surface area (Å²) in [5, 5.41) is 0. The largest absolute Gasteiger partial charge is 0.324 e. The van der Waals surface area contributed by atoms with Crippen LogP contribution in [0.4, 0.5) is 14.9 Å². The van der Waals surface area contributed by atoms with Crippen LogP contribution in [0, 0.1) is 18.2 Å². The molecule has 0 spiro atoms. The molecule has 1 aromatic rings. The smallest absolute Gasteiger partial charge is 0.322 e. The summed E-state index contributed by atoms with van der Waals surface area (Å²) >= 11 is 0. The van der Waals surface area contributed by atoms with Gasteiger partial charge < -0.3 is 4.90 Å². The topological polar surface area (TPSA) is 23.6 Å². The van der Waals surface area contributed by atoms with Crippen LogP contribution in [0.15, 0.2) is 24.3 Å². The van der Waals surface area contributed by atoms with Crippen molar-refractivity contribution >= 4 is 11.7 Å². The van der Waals surface area contributed by atoms with Crippen LogP contribution in [0.1, 0.15) is 13.8 Å². The zero-order chi connectivity index (χ0) is 13.1. The fourth-order valence-electron chi connectivity index (χ4n) is 1.95. The molecule has 97 valence electrons. The number of rotatable bonds is 4. The Bertz CT molecular complexity index is 416. The minimum atomic E-state index is -0.282. The fourth-order valence-corrected chi connectivity index (χ4v) is 1.95. The highest BCUT2D eigenvalue weighted by Gasteiger charge is 2.29. The lowest BCUT2D eigenvalue weighted by Gasteiger charge is -2.19. The summed E-state index contributed by atoms with van der Waals surface area (Å²) in [7, 11) is 0. The number of carbonyl (C=O) groups is 1. The van der Waals surface area contributed by atoms with Gasteiger partial charge in [0, 0.05) is 25.3 Å². The Morgan fingerprint density at radius 2 is 1.94 bits per heavy atom. The molecule has 1 fully saturated rings. The second-order valence-corrected chi connectivity index (χ2v) is 4.84. The van der Waals surface area contributed by atoms with Crippen LogP contribution in [0.25, 0.3) is 0 Å². The Morgan fingerprint density at radius 1 is 1.28 bits per heavy atom. The van der Waals surface area contributed by atoms with Crippen molar-refractivity contribution in [3.05, 3.63) is 36.5 Å². The van der Waals surface area contributed by atoms with E-state index in [2.05, 4.69) is 20.3 Å². The van der Waals surface area contributed by atoms with Gasteiger partial charge in [-0.15, -0.1) is 0 Å². The standard InChI is InChI=1S/C14H18FN2O/c1-11(2)7-8-16-9-10-17(14(16)18)13-5-3-12(15)4-6-13/h3-7,11H,8-10H2,1-2H3. The van der Waals surface area contributed by atoms with Gasteiger partial charge in [-0.2, -0.15) is 0 Å². The highest BCUT2D eigenvalue weighted by atomic mass is 19.1. The molecule has 0 unspecified atom stereocenters. The van der Waals surface area contributed by atoms with Gasteiger partial charge in [0.05, 0.1) is 0 Å². The fraction of sp³-hybridized carbons (Fsp3) is 0.429. The zero-order valence-corrected chi connectivity index (χ0v) is 10.8. The van der Waals surface area contributed by atoms with E-state index < -0.39 is 0 Å². The van der Waals surface area contributed by atoms with Crippen LogP contribution in [-0.4, -0.2) is 30.6 Å².